The summed E-state index contributed by atoms with van der Waals surface area (Å²) in [7, 11) is 0. The monoisotopic (exact) mass is 234 g/mol. The summed E-state index contributed by atoms with van der Waals surface area (Å²) >= 11 is 4.95. The average Bonchev–Trinajstić information content (AvgIpc) is 2.57. The average molecular weight is 234 g/mol. The van der Waals surface area contributed by atoms with Gasteiger partial charge >= 0.3 is 0 Å². The van der Waals surface area contributed by atoms with E-state index in [0.29, 0.717) is 4.77 Å². The van der Waals surface area contributed by atoms with Crippen LogP contribution in [0.2, 0.25) is 0 Å². The molecule has 0 bridgehead atoms. The molecule has 0 atom stereocenters. The highest BCUT2D eigenvalue weighted by Crippen LogP contribution is 2.07. The zero-order valence-electron chi connectivity index (χ0n) is 9.10. The van der Waals surface area contributed by atoms with Crippen molar-refractivity contribution >= 4 is 12.2 Å². The van der Waals surface area contributed by atoms with Crippen LogP contribution in [0.4, 0.5) is 0 Å². The fourth-order valence-corrected chi connectivity index (χ4v) is 1.79. The molecule has 0 amide bonds. The molecule has 0 aliphatic heterocycles. The number of nitrogen functional groups attached to an aromatic ring is 1. The van der Waals surface area contributed by atoms with Crippen LogP contribution in [0.15, 0.2) is 24.3 Å². The molecule has 1 heterocycles. The summed E-state index contributed by atoms with van der Waals surface area (Å²) in [5, 5.41) is 6.75. The molecule has 4 nitrogen and oxygen atoms in total. The topological polar surface area (TPSA) is 59.6 Å². The predicted octanol–water partition coefficient (Wildman–Crippen LogP) is 1.75. The zero-order valence-corrected chi connectivity index (χ0v) is 9.92. The maximum Gasteiger partial charge on any atom is 0.214 e. The number of nitrogens with zero attached hydrogens (tertiary/aromatic N) is 2. The van der Waals surface area contributed by atoms with Gasteiger partial charge in [-0.1, -0.05) is 29.8 Å². The van der Waals surface area contributed by atoms with Gasteiger partial charge in [0.25, 0.3) is 0 Å². The first-order chi connectivity index (χ1) is 7.66. The molecule has 0 saturated heterocycles. The third-order valence-electron chi connectivity index (χ3n) is 2.50. The molecular formula is C11H14N4S. The second-order valence-corrected chi connectivity index (χ2v) is 4.19. The Morgan fingerprint density at radius 3 is 2.88 bits per heavy atom. The first-order valence-electron chi connectivity index (χ1n) is 5.14. The van der Waals surface area contributed by atoms with Crippen molar-refractivity contribution in [2.24, 2.45) is 0 Å². The van der Waals surface area contributed by atoms with Crippen LogP contribution in [0, 0.1) is 11.7 Å². The normalized spacial score (nSPS) is 10.6. The van der Waals surface area contributed by atoms with E-state index in [4.69, 9.17) is 18.1 Å². The number of nitrogens with one attached hydrogen (secondary N) is 1. The van der Waals surface area contributed by atoms with E-state index in [1.54, 1.807) is 0 Å². The highest BCUT2D eigenvalue weighted by molar-refractivity contribution is 7.71. The van der Waals surface area contributed by atoms with Crippen LogP contribution < -0.4 is 5.84 Å². The Hall–Kier alpha value is -1.62. The first kappa shape index (κ1) is 10.9. The molecule has 0 aliphatic carbocycles. The third-order valence-corrected chi connectivity index (χ3v) is 2.79. The van der Waals surface area contributed by atoms with Gasteiger partial charge < -0.3 is 5.84 Å². The largest absolute Gasteiger partial charge is 0.335 e. The number of benzene rings is 1. The van der Waals surface area contributed by atoms with Crippen molar-refractivity contribution in [3.8, 4) is 0 Å². The maximum absolute atomic E-state index is 5.72. The van der Waals surface area contributed by atoms with Crippen molar-refractivity contribution < 1.29 is 0 Å². The Bertz CT molecular complexity index is 541. The summed E-state index contributed by atoms with van der Waals surface area (Å²) in [4.78, 5) is 0. The quantitative estimate of drug-likeness (QED) is 0.628. The highest BCUT2D eigenvalue weighted by Gasteiger charge is 2.03. The molecule has 0 aliphatic rings. The molecule has 0 radical (unpaired) electrons. The fourth-order valence-electron chi connectivity index (χ4n) is 1.64. The van der Waals surface area contributed by atoms with Gasteiger partial charge in [-0.05, 0) is 31.1 Å². The lowest BCUT2D eigenvalue weighted by molar-refractivity contribution is 0.799. The highest BCUT2D eigenvalue weighted by atomic mass is 32.1. The van der Waals surface area contributed by atoms with Crippen LogP contribution in [-0.2, 0) is 12.8 Å². The van der Waals surface area contributed by atoms with Gasteiger partial charge in [0.2, 0.25) is 4.77 Å². The van der Waals surface area contributed by atoms with Crippen LogP contribution >= 0.6 is 12.2 Å². The minimum atomic E-state index is 0.458. The van der Waals surface area contributed by atoms with E-state index >= 15 is 0 Å². The minimum absolute atomic E-state index is 0.458. The Morgan fingerprint density at radius 1 is 1.44 bits per heavy atom. The van der Waals surface area contributed by atoms with Crippen molar-refractivity contribution in [2.45, 2.75) is 19.8 Å². The number of hydrogen-bond donors (Lipinski definition) is 2. The number of aryl methyl sites for hydroxylation is 3. The van der Waals surface area contributed by atoms with Crippen molar-refractivity contribution in [1.29, 1.82) is 0 Å². The van der Waals surface area contributed by atoms with Crippen molar-refractivity contribution in [3.63, 3.8) is 0 Å². The molecule has 2 rings (SSSR count). The Morgan fingerprint density at radius 2 is 2.25 bits per heavy atom. The van der Waals surface area contributed by atoms with Gasteiger partial charge in [0.05, 0.1) is 0 Å². The number of aromatic amines is 1. The van der Waals surface area contributed by atoms with E-state index in [-0.39, 0.29) is 0 Å². The third kappa shape index (κ3) is 2.30. The molecule has 16 heavy (non-hydrogen) atoms. The van der Waals surface area contributed by atoms with Gasteiger partial charge in [0.1, 0.15) is 0 Å². The van der Waals surface area contributed by atoms with Crippen LogP contribution in [0.1, 0.15) is 17.0 Å². The van der Waals surface area contributed by atoms with E-state index in [1.807, 2.05) is 0 Å². The number of nitrogens with two attached hydrogens (primary N) is 1. The molecule has 0 unspecified atom stereocenters. The van der Waals surface area contributed by atoms with Crippen LogP contribution in [0.3, 0.4) is 0 Å². The van der Waals surface area contributed by atoms with Gasteiger partial charge in [0.15, 0.2) is 5.82 Å². The molecule has 1 aromatic heterocycles. The summed E-state index contributed by atoms with van der Waals surface area (Å²) < 4.78 is 1.88. The number of aromatic nitrogens is 3. The molecular weight excluding hydrogens is 220 g/mol. The molecule has 0 saturated carbocycles. The van der Waals surface area contributed by atoms with E-state index in [9.17, 15) is 0 Å². The molecule has 0 spiro atoms. The van der Waals surface area contributed by atoms with Gasteiger partial charge in [0, 0.05) is 6.42 Å². The van der Waals surface area contributed by atoms with E-state index in [0.717, 1.165) is 18.7 Å². The Kier molecular flexibility index (Phi) is 3.05. The zero-order chi connectivity index (χ0) is 11.5. The summed E-state index contributed by atoms with van der Waals surface area (Å²) in [5.41, 5.74) is 2.55. The molecule has 1 aromatic carbocycles. The lowest BCUT2D eigenvalue weighted by Crippen LogP contribution is -2.13. The van der Waals surface area contributed by atoms with Crippen LogP contribution in [0.25, 0.3) is 0 Å². The molecule has 84 valence electrons. The summed E-state index contributed by atoms with van der Waals surface area (Å²) in [6.07, 6.45) is 1.70. The summed E-state index contributed by atoms with van der Waals surface area (Å²) in [6, 6.07) is 8.42. The standard InChI is InChI=1S/C11H14N4S/c1-8-3-2-4-9(7-8)5-6-10-13-14-11(16)15(10)12/h2-4,7H,5-6,12H2,1H3,(H,14,16). The Labute approximate surface area is 99.1 Å². The molecule has 2 aromatic rings. The second kappa shape index (κ2) is 4.49. The number of H-pyrrole nitrogens is 1. The summed E-state index contributed by atoms with van der Waals surface area (Å²) in [5.74, 6) is 6.50. The number of hydrogen-bond acceptors (Lipinski definition) is 3. The fraction of sp³-hybridized carbons (Fsp3) is 0.273. The molecule has 3 N–H and O–H groups in total. The van der Waals surface area contributed by atoms with Gasteiger partial charge in [-0.15, -0.1) is 0 Å². The van der Waals surface area contributed by atoms with Crippen LogP contribution in [-0.4, -0.2) is 14.9 Å². The van der Waals surface area contributed by atoms with Crippen molar-refractivity contribution in [3.05, 3.63) is 46.0 Å². The van der Waals surface area contributed by atoms with E-state index in [2.05, 4.69) is 41.4 Å². The maximum atomic E-state index is 5.72. The Balaban J connectivity index is 2.08. The lowest BCUT2D eigenvalue weighted by Gasteiger charge is -2.02. The predicted molar refractivity (Wildman–Crippen MR) is 66.1 cm³/mol. The van der Waals surface area contributed by atoms with Gasteiger partial charge in [-0.2, -0.15) is 5.10 Å². The SMILES string of the molecule is Cc1cccc(CCc2n[nH]c(=S)n2N)c1. The van der Waals surface area contributed by atoms with Crippen molar-refractivity contribution in [2.75, 3.05) is 5.84 Å². The van der Waals surface area contributed by atoms with E-state index < -0.39 is 0 Å². The lowest BCUT2D eigenvalue weighted by atomic mass is 10.1. The minimum Gasteiger partial charge on any atom is -0.335 e. The summed E-state index contributed by atoms with van der Waals surface area (Å²) in [6.45, 7) is 2.09. The van der Waals surface area contributed by atoms with Gasteiger partial charge in [-0.3, -0.25) is 5.10 Å². The smallest absolute Gasteiger partial charge is 0.214 e. The molecule has 5 heteroatoms. The first-order valence-corrected chi connectivity index (χ1v) is 5.54. The van der Waals surface area contributed by atoms with E-state index in [1.165, 1.54) is 15.8 Å². The van der Waals surface area contributed by atoms with Gasteiger partial charge in [-0.25, -0.2) is 4.68 Å². The molecule has 0 fully saturated rings. The van der Waals surface area contributed by atoms with Crippen molar-refractivity contribution in [1.82, 2.24) is 14.9 Å². The number of rotatable bonds is 3. The second-order valence-electron chi connectivity index (χ2n) is 3.80. The van der Waals surface area contributed by atoms with Crippen LogP contribution in [0.5, 0.6) is 0 Å².